The van der Waals surface area contributed by atoms with Gasteiger partial charge in [-0.2, -0.15) is 4.99 Å². The summed E-state index contributed by atoms with van der Waals surface area (Å²) in [5.41, 5.74) is 2.15. The Kier molecular flexibility index (Phi) is 10.4. The predicted octanol–water partition coefficient (Wildman–Crippen LogP) is 4.19. The Balaban J connectivity index is 1.44. The molecule has 1 N–H and O–H groups in total. The summed E-state index contributed by atoms with van der Waals surface area (Å²) in [7, 11) is 2.64. The lowest BCUT2D eigenvalue weighted by molar-refractivity contribution is -0.141. The molecule has 0 spiro atoms. The fourth-order valence-electron chi connectivity index (χ4n) is 4.42. The number of thiophene rings is 1. The fraction of sp³-hybridized carbons (Fsp3) is 0.444. The molecule has 2 amide bonds. The Bertz CT molecular complexity index is 1490. The van der Waals surface area contributed by atoms with E-state index in [0.717, 1.165) is 64.5 Å². The first-order valence-electron chi connectivity index (χ1n) is 12.9. The molecule has 10 nitrogen and oxygen atoms in total. The smallest absolute Gasteiger partial charge is 0.341 e. The van der Waals surface area contributed by atoms with Gasteiger partial charge in [0, 0.05) is 4.88 Å². The van der Waals surface area contributed by atoms with E-state index in [1.165, 1.54) is 36.9 Å². The number of ether oxygens (including phenoxy) is 3. The fourth-order valence-corrected chi connectivity index (χ4v) is 7.39. The van der Waals surface area contributed by atoms with E-state index in [-0.39, 0.29) is 24.0 Å². The SMILES string of the molecule is CCOc1ccc2c(c1)sc(=NC(=O)CSCC(=O)Nc1sc3c(c1C(=O)OC)CCCCC3)n2CC(=O)OC. The Hall–Kier alpha value is -3.16. The Morgan fingerprint density at radius 2 is 1.85 bits per heavy atom. The Labute approximate surface area is 243 Å². The average molecular weight is 606 g/mol. The van der Waals surface area contributed by atoms with Gasteiger partial charge in [0.05, 0.1) is 48.1 Å². The molecule has 1 aliphatic carbocycles. The van der Waals surface area contributed by atoms with E-state index in [4.69, 9.17) is 14.2 Å². The number of benzene rings is 1. The molecular weight excluding hydrogens is 575 g/mol. The van der Waals surface area contributed by atoms with Gasteiger partial charge in [-0.1, -0.05) is 17.8 Å². The van der Waals surface area contributed by atoms with E-state index < -0.39 is 17.8 Å². The van der Waals surface area contributed by atoms with E-state index in [1.54, 1.807) is 10.6 Å². The monoisotopic (exact) mass is 605 g/mol. The molecule has 0 saturated carbocycles. The number of hydrogen-bond acceptors (Lipinski definition) is 10. The molecule has 2 heterocycles. The van der Waals surface area contributed by atoms with Crippen molar-refractivity contribution in [2.75, 3.05) is 37.6 Å². The van der Waals surface area contributed by atoms with Gasteiger partial charge in [-0.25, -0.2) is 4.79 Å². The molecule has 0 aliphatic heterocycles. The van der Waals surface area contributed by atoms with Crippen LogP contribution >= 0.6 is 34.4 Å². The number of fused-ring (bicyclic) bond motifs is 2. The molecule has 2 aromatic heterocycles. The zero-order valence-corrected chi connectivity index (χ0v) is 25.0. The van der Waals surface area contributed by atoms with Crippen LogP contribution in [0.5, 0.6) is 5.75 Å². The van der Waals surface area contributed by atoms with Gasteiger partial charge in [0.15, 0.2) is 4.80 Å². The quantitative estimate of drug-likeness (QED) is 0.269. The van der Waals surface area contributed by atoms with Crippen molar-refractivity contribution in [3.05, 3.63) is 39.0 Å². The molecule has 0 saturated heterocycles. The summed E-state index contributed by atoms with van der Waals surface area (Å²) in [6, 6.07) is 5.45. The highest BCUT2D eigenvalue weighted by Crippen LogP contribution is 2.38. The van der Waals surface area contributed by atoms with Crippen LogP contribution in [-0.2, 0) is 43.2 Å². The van der Waals surface area contributed by atoms with Gasteiger partial charge < -0.3 is 24.1 Å². The van der Waals surface area contributed by atoms with Crippen molar-refractivity contribution < 1.29 is 33.4 Å². The minimum Gasteiger partial charge on any atom is -0.494 e. The summed E-state index contributed by atoms with van der Waals surface area (Å²) in [5, 5.41) is 3.35. The molecule has 214 valence electrons. The molecule has 13 heteroatoms. The standard InChI is InChI=1S/C27H31N3O7S3/c1-4-37-16-10-11-18-20(12-16)40-27(30(18)13-23(33)35-2)29-22(32)15-38-14-21(31)28-25-24(26(34)36-3)17-8-6-5-7-9-19(17)39-25/h10-12H,4-9,13-15H2,1-3H3,(H,28,31). The first-order valence-corrected chi connectivity index (χ1v) is 15.6. The second kappa shape index (κ2) is 14.0. The second-order valence-electron chi connectivity index (χ2n) is 8.92. The number of nitrogens with zero attached hydrogens (tertiary/aromatic N) is 2. The molecule has 40 heavy (non-hydrogen) atoms. The first-order chi connectivity index (χ1) is 19.3. The van der Waals surface area contributed by atoms with Crippen LogP contribution in [0.2, 0.25) is 0 Å². The van der Waals surface area contributed by atoms with Crippen LogP contribution in [0.15, 0.2) is 23.2 Å². The summed E-state index contributed by atoms with van der Waals surface area (Å²) in [6.45, 7) is 2.30. The number of aromatic nitrogens is 1. The number of thioether (sulfide) groups is 1. The van der Waals surface area contributed by atoms with E-state index in [1.807, 2.05) is 19.1 Å². The lowest BCUT2D eigenvalue weighted by atomic mass is 10.1. The molecular formula is C27H31N3O7S3. The third-order valence-electron chi connectivity index (χ3n) is 6.22. The molecule has 1 aromatic carbocycles. The van der Waals surface area contributed by atoms with E-state index in [0.29, 0.717) is 27.7 Å². The van der Waals surface area contributed by atoms with Crippen LogP contribution in [-0.4, -0.2) is 60.7 Å². The summed E-state index contributed by atoms with van der Waals surface area (Å²) in [6.07, 6.45) is 4.83. The number of anilines is 1. The average Bonchev–Trinajstić information content (AvgIpc) is 3.34. The van der Waals surface area contributed by atoms with Crippen LogP contribution in [0.25, 0.3) is 10.2 Å². The summed E-state index contributed by atoms with van der Waals surface area (Å²) in [5.74, 6) is -1.01. The highest BCUT2D eigenvalue weighted by atomic mass is 32.2. The van der Waals surface area contributed by atoms with Gasteiger partial charge >= 0.3 is 11.9 Å². The number of amides is 2. The number of hydrogen-bond donors (Lipinski definition) is 1. The van der Waals surface area contributed by atoms with Crippen molar-refractivity contribution in [3.63, 3.8) is 0 Å². The van der Waals surface area contributed by atoms with Gasteiger partial charge in [0.1, 0.15) is 17.3 Å². The third-order valence-corrected chi connectivity index (χ3v) is 9.39. The molecule has 3 aromatic rings. The van der Waals surface area contributed by atoms with Crippen LogP contribution in [0.4, 0.5) is 5.00 Å². The maximum Gasteiger partial charge on any atom is 0.341 e. The highest BCUT2D eigenvalue weighted by molar-refractivity contribution is 8.00. The second-order valence-corrected chi connectivity index (χ2v) is 12.0. The van der Waals surface area contributed by atoms with Crippen molar-refractivity contribution >= 4 is 73.4 Å². The molecule has 0 atom stereocenters. The molecule has 1 aliphatic rings. The normalized spacial score (nSPS) is 13.4. The number of nitrogens with one attached hydrogen (secondary N) is 1. The van der Waals surface area contributed by atoms with Crippen LogP contribution in [0.1, 0.15) is 47.0 Å². The zero-order valence-electron chi connectivity index (χ0n) is 22.6. The van der Waals surface area contributed by atoms with Gasteiger partial charge in [0.2, 0.25) is 5.91 Å². The maximum absolute atomic E-state index is 12.7. The molecule has 0 fully saturated rings. The summed E-state index contributed by atoms with van der Waals surface area (Å²) >= 11 is 3.81. The van der Waals surface area contributed by atoms with Crippen molar-refractivity contribution in [2.45, 2.75) is 45.6 Å². The van der Waals surface area contributed by atoms with Crippen molar-refractivity contribution in [1.29, 1.82) is 0 Å². The number of esters is 2. The zero-order chi connectivity index (χ0) is 28.6. The number of thiazole rings is 1. The van der Waals surface area contributed by atoms with Gasteiger partial charge in [0.25, 0.3) is 5.91 Å². The summed E-state index contributed by atoms with van der Waals surface area (Å²) < 4.78 is 17.8. The highest BCUT2D eigenvalue weighted by Gasteiger charge is 2.26. The van der Waals surface area contributed by atoms with Crippen molar-refractivity contribution in [1.82, 2.24) is 4.57 Å². The lowest BCUT2D eigenvalue weighted by Crippen LogP contribution is -2.23. The molecule has 0 bridgehead atoms. The predicted molar refractivity (Wildman–Crippen MR) is 156 cm³/mol. The minimum absolute atomic E-state index is 0.0106. The maximum atomic E-state index is 12.7. The Morgan fingerprint density at radius 3 is 2.60 bits per heavy atom. The number of aryl methyl sites for hydroxylation is 1. The number of rotatable bonds is 10. The van der Waals surface area contributed by atoms with Crippen molar-refractivity contribution in [2.24, 2.45) is 4.99 Å². The Morgan fingerprint density at radius 1 is 1.05 bits per heavy atom. The molecule has 0 unspecified atom stereocenters. The van der Waals surface area contributed by atoms with Crippen LogP contribution in [0, 0.1) is 0 Å². The van der Waals surface area contributed by atoms with E-state index in [2.05, 4.69) is 10.3 Å². The van der Waals surface area contributed by atoms with Gasteiger partial charge in [-0.15, -0.1) is 23.1 Å². The molecule has 0 radical (unpaired) electrons. The largest absolute Gasteiger partial charge is 0.494 e. The van der Waals surface area contributed by atoms with Crippen molar-refractivity contribution in [3.8, 4) is 5.75 Å². The van der Waals surface area contributed by atoms with E-state index in [9.17, 15) is 19.2 Å². The number of methoxy groups -OCH3 is 2. The van der Waals surface area contributed by atoms with Crippen LogP contribution < -0.4 is 14.9 Å². The number of carbonyl (C=O) groups is 4. The molecule has 4 rings (SSSR count). The number of carbonyl (C=O) groups excluding carboxylic acids is 4. The van der Waals surface area contributed by atoms with Gasteiger partial charge in [-0.3, -0.25) is 14.4 Å². The first kappa shape index (κ1) is 29.8. The van der Waals surface area contributed by atoms with Gasteiger partial charge in [-0.05, 0) is 56.4 Å². The van der Waals surface area contributed by atoms with Crippen LogP contribution in [0.3, 0.4) is 0 Å². The summed E-state index contributed by atoms with van der Waals surface area (Å²) in [4.78, 5) is 55.7. The lowest BCUT2D eigenvalue weighted by Gasteiger charge is -2.07. The minimum atomic E-state index is -0.467. The van der Waals surface area contributed by atoms with E-state index >= 15 is 0 Å². The third kappa shape index (κ3) is 7.12. The topological polar surface area (TPSA) is 125 Å².